The lowest BCUT2D eigenvalue weighted by Gasteiger charge is -2.21. The lowest BCUT2D eigenvalue weighted by molar-refractivity contribution is -0.384. The minimum atomic E-state index is -0.414. The second-order valence-electron chi connectivity index (χ2n) is 3.49. The van der Waals surface area contributed by atoms with E-state index >= 15 is 0 Å². The van der Waals surface area contributed by atoms with E-state index < -0.39 is 4.92 Å². The minimum absolute atomic E-state index is 0.0919. The van der Waals surface area contributed by atoms with Gasteiger partial charge in [0, 0.05) is 17.5 Å². The molecule has 0 fully saturated rings. The fourth-order valence-electron chi connectivity index (χ4n) is 1.26. The number of allylic oxidation sites excluding steroid dienone is 2. The highest BCUT2D eigenvalue weighted by Crippen LogP contribution is 2.27. The Morgan fingerprint density at radius 1 is 1.27 bits per heavy atom. The van der Waals surface area contributed by atoms with Crippen molar-refractivity contribution in [1.82, 2.24) is 0 Å². The van der Waals surface area contributed by atoms with Crippen LogP contribution in [-0.4, -0.2) is 4.92 Å². The van der Waals surface area contributed by atoms with Crippen LogP contribution in [0.2, 0.25) is 0 Å². The molecule has 0 aromatic heterocycles. The normalized spacial score (nSPS) is 10.7. The van der Waals surface area contributed by atoms with Crippen LogP contribution >= 0.6 is 0 Å². The van der Waals surface area contributed by atoms with Crippen molar-refractivity contribution < 1.29 is 4.92 Å². The minimum Gasteiger partial charge on any atom is -0.258 e. The molecule has 0 aliphatic carbocycles. The highest BCUT2D eigenvalue weighted by molar-refractivity contribution is 5.40. The molecule has 78 valence electrons. The Morgan fingerprint density at radius 3 is 2.07 bits per heavy atom. The zero-order chi connectivity index (χ0) is 11.5. The average molecular weight is 203 g/mol. The van der Waals surface area contributed by atoms with Crippen molar-refractivity contribution in [2.75, 3.05) is 0 Å². The van der Waals surface area contributed by atoms with Gasteiger partial charge in [0.15, 0.2) is 0 Å². The van der Waals surface area contributed by atoms with E-state index in [9.17, 15) is 10.1 Å². The third kappa shape index (κ3) is 2.13. The summed E-state index contributed by atoms with van der Waals surface area (Å²) in [6, 6.07) is 6.42. The van der Waals surface area contributed by atoms with E-state index in [2.05, 4.69) is 13.2 Å². The molecule has 0 amide bonds. The molecule has 0 bridgehead atoms. The number of nitro groups is 1. The number of nitrogens with zero attached hydrogens (tertiary/aromatic N) is 1. The van der Waals surface area contributed by atoms with Crippen LogP contribution in [0.15, 0.2) is 49.6 Å². The summed E-state index contributed by atoms with van der Waals surface area (Å²) < 4.78 is 0. The summed E-state index contributed by atoms with van der Waals surface area (Å²) in [7, 11) is 0. The quantitative estimate of drug-likeness (QED) is 0.428. The monoisotopic (exact) mass is 203 g/mol. The predicted octanol–water partition coefficient (Wildman–Crippen LogP) is 3.22. The van der Waals surface area contributed by atoms with Crippen molar-refractivity contribution in [2.45, 2.75) is 12.3 Å². The molecule has 0 unspecified atom stereocenters. The third-order valence-electron chi connectivity index (χ3n) is 2.55. The molecular weight excluding hydrogens is 190 g/mol. The van der Waals surface area contributed by atoms with Crippen molar-refractivity contribution in [2.24, 2.45) is 0 Å². The summed E-state index contributed by atoms with van der Waals surface area (Å²) in [6.07, 6.45) is 3.53. The first-order valence-electron chi connectivity index (χ1n) is 4.55. The topological polar surface area (TPSA) is 43.1 Å². The molecule has 0 radical (unpaired) electrons. The SMILES string of the molecule is C=CC(C)(C=C)c1ccc([N+](=O)[O-])cc1. The molecule has 0 aliphatic rings. The number of rotatable bonds is 4. The number of non-ortho nitro benzene ring substituents is 1. The van der Waals surface area contributed by atoms with Crippen LogP contribution in [0.3, 0.4) is 0 Å². The van der Waals surface area contributed by atoms with Crippen molar-refractivity contribution >= 4 is 5.69 Å². The predicted molar refractivity (Wildman–Crippen MR) is 60.8 cm³/mol. The molecule has 1 aromatic rings. The number of hydrogen-bond acceptors (Lipinski definition) is 2. The molecular formula is C12H13NO2. The van der Waals surface area contributed by atoms with E-state index in [4.69, 9.17) is 0 Å². The molecule has 0 aliphatic heterocycles. The van der Waals surface area contributed by atoms with Crippen LogP contribution in [-0.2, 0) is 5.41 Å². The van der Waals surface area contributed by atoms with E-state index in [0.717, 1.165) is 5.56 Å². The first kappa shape index (κ1) is 11.2. The van der Waals surface area contributed by atoms with Crippen LogP contribution in [0.25, 0.3) is 0 Å². The Labute approximate surface area is 88.9 Å². The molecule has 0 N–H and O–H groups in total. The molecule has 0 heterocycles. The van der Waals surface area contributed by atoms with Crippen LogP contribution in [0, 0.1) is 10.1 Å². The molecule has 0 saturated carbocycles. The van der Waals surface area contributed by atoms with Gasteiger partial charge in [-0.25, -0.2) is 0 Å². The van der Waals surface area contributed by atoms with Gasteiger partial charge < -0.3 is 0 Å². The molecule has 3 nitrogen and oxygen atoms in total. The van der Waals surface area contributed by atoms with Gasteiger partial charge in [-0.15, -0.1) is 13.2 Å². The average Bonchev–Trinajstić information content (AvgIpc) is 2.28. The van der Waals surface area contributed by atoms with Crippen molar-refractivity contribution in [1.29, 1.82) is 0 Å². The van der Waals surface area contributed by atoms with Crippen molar-refractivity contribution in [3.63, 3.8) is 0 Å². The van der Waals surface area contributed by atoms with Crippen molar-refractivity contribution in [3.8, 4) is 0 Å². The van der Waals surface area contributed by atoms with Crippen LogP contribution < -0.4 is 0 Å². The second kappa shape index (κ2) is 4.09. The summed E-state index contributed by atoms with van der Waals surface area (Å²) in [5.41, 5.74) is 0.696. The largest absolute Gasteiger partial charge is 0.269 e. The Balaban J connectivity index is 3.13. The Morgan fingerprint density at radius 2 is 1.73 bits per heavy atom. The molecule has 3 heteroatoms. The highest BCUT2D eigenvalue weighted by Gasteiger charge is 2.19. The number of benzene rings is 1. The lowest BCUT2D eigenvalue weighted by atomic mass is 9.83. The standard InChI is InChI=1S/C12H13NO2/c1-4-12(3,5-2)10-6-8-11(9-7-10)13(14)15/h4-9H,1-2H2,3H3. The smallest absolute Gasteiger partial charge is 0.258 e. The molecule has 0 saturated heterocycles. The third-order valence-corrected chi connectivity index (χ3v) is 2.55. The van der Waals surface area contributed by atoms with E-state index in [1.165, 1.54) is 12.1 Å². The maximum absolute atomic E-state index is 10.5. The second-order valence-corrected chi connectivity index (χ2v) is 3.49. The summed E-state index contributed by atoms with van der Waals surface area (Å²) >= 11 is 0. The van der Waals surface area contributed by atoms with Gasteiger partial charge in [0.1, 0.15) is 0 Å². The zero-order valence-corrected chi connectivity index (χ0v) is 8.64. The highest BCUT2D eigenvalue weighted by atomic mass is 16.6. The van der Waals surface area contributed by atoms with Gasteiger partial charge >= 0.3 is 0 Å². The fourth-order valence-corrected chi connectivity index (χ4v) is 1.26. The molecule has 1 aromatic carbocycles. The zero-order valence-electron chi connectivity index (χ0n) is 8.64. The van der Waals surface area contributed by atoms with Gasteiger partial charge in [0.05, 0.1) is 4.92 Å². The maximum atomic E-state index is 10.5. The molecule has 1 rings (SSSR count). The number of nitro benzene ring substituents is 1. The van der Waals surface area contributed by atoms with Crippen LogP contribution in [0.1, 0.15) is 12.5 Å². The van der Waals surface area contributed by atoms with E-state index in [1.54, 1.807) is 24.3 Å². The van der Waals surface area contributed by atoms with Gasteiger partial charge in [-0.1, -0.05) is 24.3 Å². The first-order chi connectivity index (χ1) is 7.03. The Kier molecular flexibility index (Phi) is 3.04. The van der Waals surface area contributed by atoms with Crippen LogP contribution in [0.4, 0.5) is 5.69 Å². The van der Waals surface area contributed by atoms with Gasteiger partial charge in [0.2, 0.25) is 0 Å². The van der Waals surface area contributed by atoms with Gasteiger partial charge in [-0.2, -0.15) is 0 Å². The summed E-state index contributed by atoms with van der Waals surface area (Å²) in [5.74, 6) is 0. The Bertz CT molecular complexity index is 385. The van der Waals surface area contributed by atoms with E-state index in [0.29, 0.717) is 0 Å². The summed E-state index contributed by atoms with van der Waals surface area (Å²) in [4.78, 5) is 10.1. The number of hydrogen-bond donors (Lipinski definition) is 0. The fraction of sp³-hybridized carbons (Fsp3) is 0.167. The summed E-state index contributed by atoms with van der Waals surface area (Å²) in [5, 5.41) is 10.5. The Hall–Kier alpha value is -1.90. The maximum Gasteiger partial charge on any atom is 0.269 e. The van der Waals surface area contributed by atoms with Gasteiger partial charge in [-0.3, -0.25) is 10.1 Å². The van der Waals surface area contributed by atoms with E-state index in [-0.39, 0.29) is 11.1 Å². The van der Waals surface area contributed by atoms with Gasteiger partial charge in [0.25, 0.3) is 5.69 Å². The van der Waals surface area contributed by atoms with E-state index in [1.807, 2.05) is 6.92 Å². The molecule has 0 atom stereocenters. The lowest BCUT2D eigenvalue weighted by Crippen LogP contribution is -2.14. The van der Waals surface area contributed by atoms with Gasteiger partial charge in [-0.05, 0) is 12.5 Å². The molecule has 0 spiro atoms. The first-order valence-corrected chi connectivity index (χ1v) is 4.55. The van der Waals surface area contributed by atoms with Crippen molar-refractivity contribution in [3.05, 3.63) is 65.3 Å². The molecule has 15 heavy (non-hydrogen) atoms. The van der Waals surface area contributed by atoms with Crippen LogP contribution in [0.5, 0.6) is 0 Å². The summed E-state index contributed by atoms with van der Waals surface area (Å²) in [6.45, 7) is 9.42.